The number of benzene rings is 2. The number of aryl methyl sites for hydroxylation is 1. The Kier molecular flexibility index (Phi) is 9.92. The number of carbonyl (C=O) groups excluding carboxylic acids is 1. The van der Waals surface area contributed by atoms with Crippen molar-refractivity contribution in [3.63, 3.8) is 0 Å². The zero-order valence-electron chi connectivity index (χ0n) is 25.6. The van der Waals surface area contributed by atoms with Crippen molar-refractivity contribution in [2.45, 2.75) is 77.9 Å². The van der Waals surface area contributed by atoms with E-state index in [1.807, 2.05) is 11.9 Å². The van der Waals surface area contributed by atoms with Crippen LogP contribution in [0.2, 0.25) is 0 Å². The average molecular weight is 602 g/mol. The van der Waals surface area contributed by atoms with E-state index in [0.717, 1.165) is 50.7 Å². The van der Waals surface area contributed by atoms with Crippen LogP contribution in [0.5, 0.6) is 11.5 Å². The first-order valence-corrected chi connectivity index (χ1v) is 14.8. The second-order valence-electron chi connectivity index (χ2n) is 11.7. The number of nitrogens with one attached hydrogen (secondary N) is 1. The molecule has 3 aromatic rings. The Hall–Kier alpha value is -3.76. The minimum atomic E-state index is -4.51. The van der Waals surface area contributed by atoms with Gasteiger partial charge >= 0.3 is 6.18 Å². The van der Waals surface area contributed by atoms with Gasteiger partial charge in [-0.1, -0.05) is 26.2 Å². The quantitative estimate of drug-likeness (QED) is 0.148. The van der Waals surface area contributed by atoms with Gasteiger partial charge in [-0.05, 0) is 62.9 Å². The molecule has 0 saturated heterocycles. The summed E-state index contributed by atoms with van der Waals surface area (Å²) in [4.78, 5) is 23.6. The lowest BCUT2D eigenvalue weighted by molar-refractivity contribution is -0.137. The minimum Gasteiger partial charge on any atom is -0.493 e. The fourth-order valence-electron chi connectivity index (χ4n) is 5.25. The monoisotopic (exact) mass is 601 g/mol. The fourth-order valence-corrected chi connectivity index (χ4v) is 5.25. The molecule has 1 saturated carbocycles. The maximum atomic E-state index is 13.4. The molecule has 1 fully saturated rings. The SMILES string of the molecule is CCCCCCC(=O)N(C)CC1(COc2cc3c(N[C@H](C)c4cc(N)cc(C(F)(F)F)c4)nc(C)nc3cc2OC)CC1. The molecule has 3 N–H and O–H groups in total. The number of hydrogen-bond acceptors (Lipinski definition) is 7. The number of ether oxygens (including phenoxy) is 2. The maximum Gasteiger partial charge on any atom is 0.416 e. The van der Waals surface area contributed by atoms with E-state index in [9.17, 15) is 18.0 Å². The Labute approximate surface area is 251 Å². The standard InChI is InChI=1S/C32H42F3N5O3/c1-6-7-8-9-10-29(41)40(4)18-31(11-12-31)19-43-28-16-25-26(17-27(28)42-5)38-21(3)39-30(25)37-20(2)22-13-23(32(33,34)35)15-24(36)14-22/h13-17,20H,6-12,18-19,36H2,1-5H3,(H,37,38,39)/t20-/m1/s1. The Morgan fingerprint density at radius 1 is 1.12 bits per heavy atom. The van der Waals surface area contributed by atoms with Crippen LogP contribution in [0, 0.1) is 12.3 Å². The van der Waals surface area contributed by atoms with Crippen LogP contribution < -0.4 is 20.5 Å². The number of aromatic nitrogens is 2. The van der Waals surface area contributed by atoms with Crippen molar-refractivity contribution in [3.8, 4) is 11.5 Å². The third-order valence-corrected chi connectivity index (χ3v) is 7.98. The van der Waals surface area contributed by atoms with Crippen LogP contribution in [0.4, 0.5) is 24.7 Å². The number of anilines is 2. The number of fused-ring (bicyclic) bond motifs is 1. The lowest BCUT2D eigenvalue weighted by atomic mass is 10.0. The molecule has 0 bridgehead atoms. The zero-order chi connectivity index (χ0) is 31.4. The molecular weight excluding hydrogens is 559 g/mol. The molecule has 11 heteroatoms. The van der Waals surface area contributed by atoms with Crippen LogP contribution >= 0.6 is 0 Å². The molecule has 8 nitrogen and oxygen atoms in total. The molecule has 1 heterocycles. The Morgan fingerprint density at radius 2 is 1.86 bits per heavy atom. The molecule has 1 amide bonds. The number of unbranched alkanes of at least 4 members (excludes halogenated alkanes) is 3. The number of nitrogens with two attached hydrogens (primary N) is 1. The maximum absolute atomic E-state index is 13.4. The van der Waals surface area contributed by atoms with Crippen LogP contribution in [0.25, 0.3) is 10.9 Å². The van der Waals surface area contributed by atoms with E-state index >= 15 is 0 Å². The van der Waals surface area contributed by atoms with Crippen LogP contribution in [0.1, 0.15) is 81.8 Å². The number of nitrogen functional groups attached to an aromatic ring is 1. The highest BCUT2D eigenvalue weighted by molar-refractivity contribution is 5.92. The average Bonchev–Trinajstić information content (AvgIpc) is 3.72. The molecule has 1 aliphatic rings. The highest BCUT2D eigenvalue weighted by Crippen LogP contribution is 2.47. The molecule has 1 aromatic heterocycles. The number of hydrogen-bond donors (Lipinski definition) is 2. The molecule has 2 aromatic carbocycles. The first-order valence-electron chi connectivity index (χ1n) is 14.8. The highest BCUT2D eigenvalue weighted by atomic mass is 19.4. The van der Waals surface area contributed by atoms with Gasteiger partial charge in [0.05, 0.1) is 30.8 Å². The number of rotatable bonds is 14. The van der Waals surface area contributed by atoms with Gasteiger partial charge in [0.2, 0.25) is 5.91 Å². The van der Waals surface area contributed by atoms with Gasteiger partial charge in [-0.15, -0.1) is 0 Å². The van der Waals surface area contributed by atoms with Gasteiger partial charge in [-0.25, -0.2) is 9.97 Å². The van der Waals surface area contributed by atoms with Gasteiger partial charge in [0.1, 0.15) is 11.6 Å². The second-order valence-corrected chi connectivity index (χ2v) is 11.7. The molecular formula is C32H42F3N5O3. The third kappa shape index (κ3) is 8.20. The predicted molar refractivity (Wildman–Crippen MR) is 162 cm³/mol. The molecule has 0 aliphatic heterocycles. The molecule has 1 atom stereocenters. The topological polar surface area (TPSA) is 103 Å². The van der Waals surface area contributed by atoms with Gasteiger partial charge in [0.15, 0.2) is 11.5 Å². The number of alkyl halides is 3. The molecule has 43 heavy (non-hydrogen) atoms. The third-order valence-electron chi connectivity index (χ3n) is 7.98. The summed E-state index contributed by atoms with van der Waals surface area (Å²) >= 11 is 0. The summed E-state index contributed by atoms with van der Waals surface area (Å²) in [5.41, 5.74) is 5.88. The normalized spacial score (nSPS) is 14.8. The summed E-state index contributed by atoms with van der Waals surface area (Å²) in [7, 11) is 3.41. The van der Waals surface area contributed by atoms with Crippen molar-refractivity contribution in [1.29, 1.82) is 0 Å². The van der Waals surface area contributed by atoms with Crippen molar-refractivity contribution in [2.24, 2.45) is 5.41 Å². The van der Waals surface area contributed by atoms with Crippen LogP contribution in [0.3, 0.4) is 0 Å². The van der Waals surface area contributed by atoms with Gasteiger partial charge in [-0.3, -0.25) is 4.79 Å². The number of nitrogens with zero attached hydrogens (tertiary/aromatic N) is 3. The van der Waals surface area contributed by atoms with Crippen molar-refractivity contribution in [3.05, 3.63) is 47.3 Å². The minimum absolute atomic E-state index is 0.0282. The Balaban J connectivity index is 1.53. The van der Waals surface area contributed by atoms with Crippen LogP contribution in [-0.4, -0.2) is 48.1 Å². The summed E-state index contributed by atoms with van der Waals surface area (Å²) in [6.45, 7) is 6.68. The van der Waals surface area contributed by atoms with Crippen molar-refractivity contribution in [2.75, 3.05) is 38.4 Å². The fraction of sp³-hybridized carbons (Fsp3) is 0.531. The van der Waals surface area contributed by atoms with E-state index < -0.39 is 17.8 Å². The number of halogens is 3. The molecule has 0 radical (unpaired) electrons. The largest absolute Gasteiger partial charge is 0.493 e. The van der Waals surface area contributed by atoms with E-state index in [-0.39, 0.29) is 17.0 Å². The Morgan fingerprint density at radius 3 is 2.51 bits per heavy atom. The van der Waals surface area contributed by atoms with E-state index in [0.29, 0.717) is 59.2 Å². The van der Waals surface area contributed by atoms with Gasteiger partial charge < -0.3 is 25.4 Å². The molecule has 0 unspecified atom stereocenters. The summed E-state index contributed by atoms with van der Waals surface area (Å²) in [6.07, 6.45) is 2.23. The highest BCUT2D eigenvalue weighted by Gasteiger charge is 2.45. The summed E-state index contributed by atoms with van der Waals surface area (Å²) in [6, 6.07) is 6.54. The lowest BCUT2D eigenvalue weighted by Gasteiger charge is -2.25. The van der Waals surface area contributed by atoms with E-state index in [1.165, 1.54) is 6.07 Å². The van der Waals surface area contributed by atoms with Gasteiger partial charge in [-0.2, -0.15) is 13.2 Å². The summed E-state index contributed by atoms with van der Waals surface area (Å²) in [5, 5.41) is 3.88. The summed E-state index contributed by atoms with van der Waals surface area (Å²) < 4.78 is 52.2. The van der Waals surface area contributed by atoms with Crippen LogP contribution in [-0.2, 0) is 11.0 Å². The van der Waals surface area contributed by atoms with E-state index in [4.69, 9.17) is 15.2 Å². The van der Waals surface area contributed by atoms with E-state index in [2.05, 4.69) is 22.2 Å². The van der Waals surface area contributed by atoms with Crippen LogP contribution in [0.15, 0.2) is 30.3 Å². The predicted octanol–water partition coefficient (Wildman–Crippen LogP) is 7.31. The zero-order valence-corrected chi connectivity index (χ0v) is 25.6. The summed E-state index contributed by atoms with van der Waals surface area (Å²) in [5.74, 6) is 2.10. The first kappa shape index (κ1) is 32.2. The number of carbonyl (C=O) groups is 1. The van der Waals surface area contributed by atoms with Crippen molar-refractivity contribution < 1.29 is 27.4 Å². The molecule has 234 valence electrons. The van der Waals surface area contributed by atoms with Gasteiger partial charge in [0, 0.05) is 42.6 Å². The molecule has 4 rings (SSSR count). The molecule has 0 spiro atoms. The van der Waals surface area contributed by atoms with Crippen molar-refractivity contribution in [1.82, 2.24) is 14.9 Å². The van der Waals surface area contributed by atoms with Crippen molar-refractivity contribution >= 4 is 28.3 Å². The smallest absolute Gasteiger partial charge is 0.416 e. The molecule has 1 aliphatic carbocycles. The first-order chi connectivity index (χ1) is 20.3. The Bertz CT molecular complexity index is 1440. The number of amides is 1. The lowest BCUT2D eigenvalue weighted by Crippen LogP contribution is -2.35. The van der Waals surface area contributed by atoms with E-state index in [1.54, 1.807) is 33.1 Å². The number of methoxy groups -OCH3 is 1. The van der Waals surface area contributed by atoms with Gasteiger partial charge in [0.25, 0.3) is 0 Å². The second kappa shape index (κ2) is 13.3.